The molecule has 0 fully saturated rings. The number of carbonyl (C=O) groups excluding carboxylic acids is 1. The SMILES string of the molecule is COc1ccc(/C=C(\C#N)C(=O)NCc2ccccc2)cc1OCC(C)C. The summed E-state index contributed by atoms with van der Waals surface area (Å²) in [6.07, 6.45) is 1.54. The lowest BCUT2D eigenvalue weighted by molar-refractivity contribution is -0.117. The van der Waals surface area contributed by atoms with E-state index in [1.807, 2.05) is 36.4 Å². The quantitative estimate of drug-likeness (QED) is 0.569. The van der Waals surface area contributed by atoms with Crippen molar-refractivity contribution < 1.29 is 14.3 Å². The summed E-state index contributed by atoms with van der Waals surface area (Å²) >= 11 is 0. The molecule has 0 saturated heterocycles. The van der Waals surface area contributed by atoms with E-state index in [4.69, 9.17) is 9.47 Å². The van der Waals surface area contributed by atoms with E-state index in [1.54, 1.807) is 31.4 Å². The maximum atomic E-state index is 12.3. The van der Waals surface area contributed by atoms with Gasteiger partial charge in [-0.2, -0.15) is 5.26 Å². The number of carbonyl (C=O) groups is 1. The molecule has 5 heteroatoms. The van der Waals surface area contributed by atoms with Gasteiger partial charge in [0.05, 0.1) is 13.7 Å². The Morgan fingerprint density at radius 2 is 1.93 bits per heavy atom. The minimum atomic E-state index is -0.415. The number of hydrogen-bond acceptors (Lipinski definition) is 4. The second-order valence-corrected chi connectivity index (χ2v) is 6.45. The van der Waals surface area contributed by atoms with Crippen LogP contribution in [0, 0.1) is 17.2 Å². The molecule has 0 bridgehead atoms. The van der Waals surface area contributed by atoms with Crippen molar-refractivity contribution in [1.29, 1.82) is 5.26 Å². The number of amides is 1. The largest absolute Gasteiger partial charge is 0.493 e. The van der Waals surface area contributed by atoms with Crippen LogP contribution in [0.25, 0.3) is 6.08 Å². The van der Waals surface area contributed by atoms with E-state index in [1.165, 1.54) is 0 Å². The molecule has 2 aromatic carbocycles. The summed E-state index contributed by atoms with van der Waals surface area (Å²) in [5.74, 6) is 1.15. The van der Waals surface area contributed by atoms with E-state index in [0.717, 1.165) is 5.56 Å². The molecule has 0 heterocycles. The van der Waals surface area contributed by atoms with Gasteiger partial charge in [0.1, 0.15) is 11.6 Å². The number of hydrogen-bond donors (Lipinski definition) is 1. The normalized spacial score (nSPS) is 11.0. The molecule has 5 nitrogen and oxygen atoms in total. The Kier molecular flexibility index (Phi) is 7.45. The van der Waals surface area contributed by atoms with E-state index in [-0.39, 0.29) is 5.57 Å². The molecule has 1 N–H and O–H groups in total. The Hall–Kier alpha value is -3.26. The molecule has 0 aromatic heterocycles. The molecule has 140 valence electrons. The van der Waals surface area contributed by atoms with Gasteiger partial charge >= 0.3 is 0 Å². The lowest BCUT2D eigenvalue weighted by Crippen LogP contribution is -2.23. The summed E-state index contributed by atoms with van der Waals surface area (Å²) in [5.41, 5.74) is 1.70. The van der Waals surface area contributed by atoms with Gasteiger partial charge in [0.25, 0.3) is 5.91 Å². The van der Waals surface area contributed by atoms with Gasteiger partial charge in [0.15, 0.2) is 11.5 Å². The molecule has 0 aliphatic heterocycles. The standard InChI is InChI=1S/C22H24N2O3/c1-16(2)15-27-21-12-18(9-10-20(21)26-3)11-19(13-23)22(25)24-14-17-7-5-4-6-8-17/h4-12,16H,14-15H2,1-3H3,(H,24,25)/b19-11+. The van der Waals surface area contributed by atoms with Crippen LogP contribution in [0.2, 0.25) is 0 Å². The number of nitriles is 1. The molecule has 0 unspecified atom stereocenters. The van der Waals surface area contributed by atoms with Crippen molar-refractivity contribution in [2.75, 3.05) is 13.7 Å². The maximum absolute atomic E-state index is 12.3. The molecule has 0 saturated carbocycles. The predicted molar refractivity (Wildman–Crippen MR) is 105 cm³/mol. The Bertz CT molecular complexity index is 836. The van der Waals surface area contributed by atoms with Crippen LogP contribution >= 0.6 is 0 Å². The van der Waals surface area contributed by atoms with E-state index in [0.29, 0.717) is 36.1 Å². The molecule has 2 rings (SSSR count). The van der Waals surface area contributed by atoms with Crippen molar-refractivity contribution in [3.05, 3.63) is 65.2 Å². The van der Waals surface area contributed by atoms with Gasteiger partial charge in [0, 0.05) is 6.54 Å². The van der Waals surface area contributed by atoms with Crippen LogP contribution < -0.4 is 14.8 Å². The van der Waals surface area contributed by atoms with Crippen molar-refractivity contribution in [2.45, 2.75) is 20.4 Å². The van der Waals surface area contributed by atoms with E-state index in [9.17, 15) is 10.1 Å². The first-order chi connectivity index (χ1) is 13.0. The number of nitrogens with one attached hydrogen (secondary N) is 1. The number of ether oxygens (including phenoxy) is 2. The predicted octanol–water partition coefficient (Wildman–Crippen LogP) is 3.95. The van der Waals surface area contributed by atoms with Gasteiger partial charge in [0.2, 0.25) is 0 Å². The highest BCUT2D eigenvalue weighted by Gasteiger charge is 2.11. The average molecular weight is 364 g/mol. The monoisotopic (exact) mass is 364 g/mol. The second-order valence-electron chi connectivity index (χ2n) is 6.45. The highest BCUT2D eigenvalue weighted by molar-refractivity contribution is 6.01. The summed E-state index contributed by atoms with van der Waals surface area (Å²) < 4.78 is 11.1. The third-order valence-corrected chi connectivity index (χ3v) is 3.73. The zero-order chi connectivity index (χ0) is 19.6. The summed E-state index contributed by atoms with van der Waals surface area (Å²) in [5, 5.41) is 12.1. The zero-order valence-corrected chi connectivity index (χ0v) is 15.9. The molecule has 0 aliphatic rings. The fourth-order valence-electron chi connectivity index (χ4n) is 2.34. The highest BCUT2D eigenvalue weighted by atomic mass is 16.5. The Labute approximate surface area is 160 Å². The van der Waals surface area contributed by atoms with Crippen LogP contribution in [-0.2, 0) is 11.3 Å². The van der Waals surface area contributed by atoms with Crippen molar-refractivity contribution in [3.8, 4) is 17.6 Å². The van der Waals surface area contributed by atoms with Crippen molar-refractivity contribution in [3.63, 3.8) is 0 Å². The average Bonchev–Trinajstić information content (AvgIpc) is 2.69. The third-order valence-electron chi connectivity index (χ3n) is 3.73. The van der Waals surface area contributed by atoms with Crippen molar-refractivity contribution >= 4 is 12.0 Å². The van der Waals surface area contributed by atoms with Crippen LogP contribution in [0.5, 0.6) is 11.5 Å². The molecule has 0 radical (unpaired) electrons. The number of benzene rings is 2. The number of rotatable bonds is 8. The fraction of sp³-hybridized carbons (Fsp3) is 0.273. The number of methoxy groups -OCH3 is 1. The van der Waals surface area contributed by atoms with E-state index < -0.39 is 5.91 Å². The van der Waals surface area contributed by atoms with Gasteiger partial charge in [-0.15, -0.1) is 0 Å². The van der Waals surface area contributed by atoms with Gasteiger partial charge in [-0.25, -0.2) is 0 Å². The minimum Gasteiger partial charge on any atom is -0.493 e. The first-order valence-corrected chi connectivity index (χ1v) is 8.78. The molecule has 2 aromatic rings. The van der Waals surface area contributed by atoms with Crippen molar-refractivity contribution in [1.82, 2.24) is 5.32 Å². The van der Waals surface area contributed by atoms with Crippen LogP contribution in [0.3, 0.4) is 0 Å². The van der Waals surface area contributed by atoms with E-state index >= 15 is 0 Å². The first kappa shape index (κ1) is 20.1. The minimum absolute atomic E-state index is 0.0332. The Morgan fingerprint density at radius 1 is 1.19 bits per heavy atom. The van der Waals surface area contributed by atoms with Crippen LogP contribution in [0.4, 0.5) is 0 Å². The molecule has 0 aliphatic carbocycles. The lowest BCUT2D eigenvalue weighted by Gasteiger charge is -2.13. The van der Waals surface area contributed by atoms with Crippen LogP contribution in [0.1, 0.15) is 25.0 Å². The van der Waals surface area contributed by atoms with Crippen LogP contribution in [-0.4, -0.2) is 19.6 Å². The molecule has 0 atom stereocenters. The summed E-state index contributed by atoms with van der Waals surface area (Å²) in [4.78, 5) is 12.3. The Balaban J connectivity index is 2.14. The van der Waals surface area contributed by atoms with E-state index in [2.05, 4.69) is 19.2 Å². The fourth-order valence-corrected chi connectivity index (χ4v) is 2.34. The number of nitrogens with zero attached hydrogens (tertiary/aromatic N) is 1. The van der Waals surface area contributed by atoms with Gasteiger partial charge < -0.3 is 14.8 Å². The molecular weight excluding hydrogens is 340 g/mol. The van der Waals surface area contributed by atoms with Gasteiger partial charge in [-0.3, -0.25) is 4.79 Å². The van der Waals surface area contributed by atoms with Gasteiger partial charge in [-0.1, -0.05) is 50.2 Å². The van der Waals surface area contributed by atoms with Crippen molar-refractivity contribution in [2.24, 2.45) is 5.92 Å². The highest BCUT2D eigenvalue weighted by Crippen LogP contribution is 2.29. The summed E-state index contributed by atoms with van der Waals surface area (Å²) in [6.45, 7) is 5.03. The summed E-state index contributed by atoms with van der Waals surface area (Å²) in [7, 11) is 1.57. The molecule has 27 heavy (non-hydrogen) atoms. The topological polar surface area (TPSA) is 71.3 Å². The maximum Gasteiger partial charge on any atom is 0.262 e. The Morgan fingerprint density at radius 3 is 2.56 bits per heavy atom. The van der Waals surface area contributed by atoms with Crippen LogP contribution in [0.15, 0.2) is 54.1 Å². The zero-order valence-electron chi connectivity index (χ0n) is 15.9. The van der Waals surface area contributed by atoms with Gasteiger partial charge in [-0.05, 0) is 35.3 Å². The smallest absolute Gasteiger partial charge is 0.262 e. The molecule has 0 spiro atoms. The second kappa shape index (κ2) is 10.0. The molecule has 1 amide bonds. The molecular formula is C22H24N2O3. The summed E-state index contributed by atoms with van der Waals surface area (Å²) in [6, 6.07) is 16.8. The lowest BCUT2D eigenvalue weighted by atomic mass is 10.1. The third kappa shape index (κ3) is 6.19. The first-order valence-electron chi connectivity index (χ1n) is 8.78.